The van der Waals surface area contributed by atoms with Crippen molar-refractivity contribution in [2.45, 2.75) is 39.7 Å². The number of imidazole rings is 1. The van der Waals surface area contributed by atoms with E-state index in [2.05, 4.69) is 30.3 Å². The van der Waals surface area contributed by atoms with Crippen molar-refractivity contribution in [1.82, 2.24) is 9.55 Å². The van der Waals surface area contributed by atoms with Crippen molar-refractivity contribution < 1.29 is 0 Å². The van der Waals surface area contributed by atoms with Crippen LogP contribution in [0.15, 0.2) is 12.5 Å². The molecule has 1 unspecified atom stereocenters. The van der Waals surface area contributed by atoms with Gasteiger partial charge in [0.2, 0.25) is 0 Å². The zero-order chi connectivity index (χ0) is 10.6. The fraction of sp³-hybridized carbons (Fsp3) is 0.727. The number of hydrogen-bond donors (Lipinski definition) is 1. The van der Waals surface area contributed by atoms with E-state index in [0.29, 0.717) is 18.5 Å². The van der Waals surface area contributed by atoms with E-state index in [-0.39, 0.29) is 0 Å². The van der Waals surface area contributed by atoms with Gasteiger partial charge in [-0.05, 0) is 18.8 Å². The van der Waals surface area contributed by atoms with Crippen LogP contribution in [0.5, 0.6) is 0 Å². The molecule has 0 aromatic carbocycles. The molecule has 2 N–H and O–H groups in total. The van der Waals surface area contributed by atoms with Crippen LogP contribution in [-0.2, 0) is 6.42 Å². The summed E-state index contributed by atoms with van der Waals surface area (Å²) in [6.45, 7) is 7.30. The Morgan fingerprint density at radius 3 is 2.71 bits per heavy atom. The van der Waals surface area contributed by atoms with E-state index >= 15 is 0 Å². The molecule has 1 aromatic rings. The van der Waals surface area contributed by atoms with Crippen molar-refractivity contribution in [2.75, 3.05) is 6.54 Å². The molecule has 0 aliphatic carbocycles. The highest BCUT2D eigenvalue weighted by atomic mass is 15.1. The standard InChI is InChI=1S/C11H21N3/c1-4-10-7-13-8-14(10)11(6-12)5-9(2)3/h7-9,11H,4-6,12H2,1-3H3. The second-order valence-electron chi connectivity index (χ2n) is 4.16. The number of nitrogens with two attached hydrogens (primary N) is 1. The van der Waals surface area contributed by atoms with E-state index < -0.39 is 0 Å². The second-order valence-corrected chi connectivity index (χ2v) is 4.16. The number of hydrogen-bond acceptors (Lipinski definition) is 2. The lowest BCUT2D eigenvalue weighted by Crippen LogP contribution is -2.21. The van der Waals surface area contributed by atoms with Gasteiger partial charge in [0.1, 0.15) is 0 Å². The Morgan fingerprint density at radius 2 is 2.21 bits per heavy atom. The highest BCUT2D eigenvalue weighted by Crippen LogP contribution is 2.18. The van der Waals surface area contributed by atoms with Crippen molar-refractivity contribution in [3.8, 4) is 0 Å². The lowest BCUT2D eigenvalue weighted by atomic mass is 10.0. The van der Waals surface area contributed by atoms with E-state index in [9.17, 15) is 0 Å². The van der Waals surface area contributed by atoms with E-state index in [1.165, 1.54) is 5.69 Å². The van der Waals surface area contributed by atoms with Crippen LogP contribution in [0.1, 0.15) is 38.9 Å². The molecule has 14 heavy (non-hydrogen) atoms. The van der Waals surface area contributed by atoms with Gasteiger partial charge in [0.15, 0.2) is 0 Å². The van der Waals surface area contributed by atoms with Crippen LogP contribution in [-0.4, -0.2) is 16.1 Å². The lowest BCUT2D eigenvalue weighted by Gasteiger charge is -2.20. The molecule has 0 amide bonds. The van der Waals surface area contributed by atoms with Gasteiger partial charge in [0, 0.05) is 24.5 Å². The molecule has 3 nitrogen and oxygen atoms in total. The molecule has 3 heteroatoms. The van der Waals surface area contributed by atoms with Crippen molar-refractivity contribution in [1.29, 1.82) is 0 Å². The van der Waals surface area contributed by atoms with Gasteiger partial charge in [-0.3, -0.25) is 0 Å². The Kier molecular flexibility index (Phi) is 4.14. The summed E-state index contributed by atoms with van der Waals surface area (Å²) in [6.07, 6.45) is 5.98. The molecule has 0 saturated heterocycles. The maximum Gasteiger partial charge on any atom is 0.0951 e. The van der Waals surface area contributed by atoms with Crippen molar-refractivity contribution in [3.05, 3.63) is 18.2 Å². The summed E-state index contributed by atoms with van der Waals surface area (Å²) < 4.78 is 2.22. The van der Waals surface area contributed by atoms with Crippen LogP contribution in [0, 0.1) is 5.92 Å². The van der Waals surface area contributed by atoms with Gasteiger partial charge in [-0.2, -0.15) is 0 Å². The first-order chi connectivity index (χ1) is 6.69. The molecular formula is C11H21N3. The largest absolute Gasteiger partial charge is 0.330 e. The Hall–Kier alpha value is -0.830. The SMILES string of the molecule is CCc1cncn1C(CN)CC(C)C. The Labute approximate surface area is 86.3 Å². The molecule has 1 atom stereocenters. The second kappa shape index (κ2) is 5.15. The minimum atomic E-state index is 0.410. The van der Waals surface area contributed by atoms with Crippen LogP contribution >= 0.6 is 0 Å². The van der Waals surface area contributed by atoms with Crippen molar-refractivity contribution in [3.63, 3.8) is 0 Å². The van der Waals surface area contributed by atoms with Crippen LogP contribution in [0.4, 0.5) is 0 Å². The van der Waals surface area contributed by atoms with E-state index in [4.69, 9.17) is 5.73 Å². The molecule has 1 rings (SSSR count). The quantitative estimate of drug-likeness (QED) is 0.781. The normalized spacial score (nSPS) is 13.5. The average molecular weight is 195 g/mol. The maximum atomic E-state index is 5.79. The van der Waals surface area contributed by atoms with Gasteiger partial charge in [-0.1, -0.05) is 20.8 Å². The first-order valence-corrected chi connectivity index (χ1v) is 5.39. The molecule has 80 valence electrons. The molecule has 0 spiro atoms. The van der Waals surface area contributed by atoms with Gasteiger partial charge in [-0.15, -0.1) is 0 Å². The fourth-order valence-electron chi connectivity index (χ4n) is 1.80. The summed E-state index contributed by atoms with van der Waals surface area (Å²) in [5.41, 5.74) is 7.07. The van der Waals surface area contributed by atoms with E-state index in [1.807, 2.05) is 12.5 Å². The summed E-state index contributed by atoms with van der Waals surface area (Å²) in [6, 6.07) is 0.410. The third-order valence-corrected chi connectivity index (χ3v) is 2.52. The van der Waals surface area contributed by atoms with Crippen LogP contribution in [0.25, 0.3) is 0 Å². The van der Waals surface area contributed by atoms with Gasteiger partial charge in [0.05, 0.1) is 6.33 Å². The summed E-state index contributed by atoms with van der Waals surface area (Å²) in [4.78, 5) is 4.18. The highest BCUT2D eigenvalue weighted by molar-refractivity contribution is 5.00. The molecular weight excluding hydrogens is 174 g/mol. The first-order valence-electron chi connectivity index (χ1n) is 5.39. The summed E-state index contributed by atoms with van der Waals surface area (Å²) in [5, 5.41) is 0. The molecule has 1 heterocycles. The average Bonchev–Trinajstić information content (AvgIpc) is 2.61. The molecule has 0 bridgehead atoms. The Morgan fingerprint density at radius 1 is 1.50 bits per heavy atom. The highest BCUT2D eigenvalue weighted by Gasteiger charge is 2.13. The van der Waals surface area contributed by atoms with Crippen molar-refractivity contribution in [2.24, 2.45) is 11.7 Å². The molecule has 1 aromatic heterocycles. The minimum Gasteiger partial charge on any atom is -0.330 e. The van der Waals surface area contributed by atoms with E-state index in [0.717, 1.165) is 12.8 Å². The van der Waals surface area contributed by atoms with Crippen LogP contribution in [0.2, 0.25) is 0 Å². The van der Waals surface area contributed by atoms with E-state index in [1.54, 1.807) is 0 Å². The summed E-state index contributed by atoms with van der Waals surface area (Å²) in [7, 11) is 0. The minimum absolute atomic E-state index is 0.410. The predicted octanol–water partition coefficient (Wildman–Crippen LogP) is 1.99. The fourth-order valence-corrected chi connectivity index (χ4v) is 1.80. The van der Waals surface area contributed by atoms with Crippen molar-refractivity contribution >= 4 is 0 Å². The number of rotatable bonds is 5. The smallest absolute Gasteiger partial charge is 0.0951 e. The molecule has 0 aliphatic heterocycles. The first kappa shape index (κ1) is 11.2. The number of nitrogens with zero attached hydrogens (tertiary/aromatic N) is 2. The van der Waals surface area contributed by atoms with Crippen LogP contribution in [0.3, 0.4) is 0 Å². The number of aromatic nitrogens is 2. The molecule has 0 fully saturated rings. The third-order valence-electron chi connectivity index (χ3n) is 2.52. The molecule has 0 aliphatic rings. The molecule has 0 radical (unpaired) electrons. The Balaban J connectivity index is 2.77. The summed E-state index contributed by atoms with van der Waals surface area (Å²) >= 11 is 0. The predicted molar refractivity (Wildman–Crippen MR) is 59.2 cm³/mol. The maximum absolute atomic E-state index is 5.79. The monoisotopic (exact) mass is 195 g/mol. The van der Waals surface area contributed by atoms with Gasteiger partial charge in [0.25, 0.3) is 0 Å². The zero-order valence-electron chi connectivity index (χ0n) is 9.40. The topological polar surface area (TPSA) is 43.8 Å². The number of aryl methyl sites for hydroxylation is 1. The Bertz CT molecular complexity index is 265. The zero-order valence-corrected chi connectivity index (χ0v) is 9.40. The van der Waals surface area contributed by atoms with Gasteiger partial charge < -0.3 is 10.3 Å². The van der Waals surface area contributed by atoms with Gasteiger partial charge in [-0.25, -0.2) is 4.98 Å². The summed E-state index contributed by atoms with van der Waals surface area (Å²) in [5.74, 6) is 0.677. The lowest BCUT2D eigenvalue weighted by molar-refractivity contribution is 0.399. The van der Waals surface area contributed by atoms with Crippen LogP contribution < -0.4 is 5.73 Å². The molecule has 0 saturated carbocycles. The third kappa shape index (κ3) is 2.58. The van der Waals surface area contributed by atoms with Gasteiger partial charge >= 0.3 is 0 Å².